The summed E-state index contributed by atoms with van der Waals surface area (Å²) in [6.07, 6.45) is -0.978. The highest BCUT2D eigenvalue weighted by Crippen LogP contribution is 2.24. The van der Waals surface area contributed by atoms with Crippen LogP contribution in [0.4, 0.5) is 9.93 Å². The van der Waals surface area contributed by atoms with Gasteiger partial charge in [0.2, 0.25) is 16.0 Å². The van der Waals surface area contributed by atoms with E-state index in [0.29, 0.717) is 31.3 Å². The monoisotopic (exact) mass is 451 g/mol. The van der Waals surface area contributed by atoms with Gasteiger partial charge in [-0.2, -0.15) is 17.9 Å². The van der Waals surface area contributed by atoms with Crippen LogP contribution in [0, 0.1) is 6.92 Å². The van der Waals surface area contributed by atoms with E-state index < -0.39 is 21.8 Å². The molecule has 2 aromatic heterocycles. The quantitative estimate of drug-likeness (QED) is 0.577. The Hall–Kier alpha value is -3.19. The van der Waals surface area contributed by atoms with Crippen LogP contribution in [0.5, 0.6) is 5.88 Å². The number of carboxylic acid groups (broad SMARTS) is 1. The maximum atomic E-state index is 12.5. The van der Waals surface area contributed by atoms with E-state index in [9.17, 15) is 18.0 Å². The summed E-state index contributed by atoms with van der Waals surface area (Å²) < 4.78 is 31.0. The first kappa shape index (κ1) is 20.1. The van der Waals surface area contributed by atoms with Gasteiger partial charge in [-0.1, -0.05) is 29.0 Å². The number of anilines is 1. The number of hydrogen-bond acceptors (Lipinski definition) is 9. The van der Waals surface area contributed by atoms with Crippen LogP contribution in [0.15, 0.2) is 40.0 Å². The number of aromatic nitrogens is 3. The molecule has 0 saturated carbocycles. The van der Waals surface area contributed by atoms with Gasteiger partial charge in [-0.25, -0.2) is 4.79 Å². The number of rotatable bonds is 4. The van der Waals surface area contributed by atoms with E-state index in [-0.39, 0.29) is 15.7 Å². The maximum Gasteiger partial charge on any atom is 0.407 e. The number of carbonyl (C=O) groups is 1. The standard InChI is InChI=1S/C17H17N5O6S2/c1-11-2-4-12(5-3-11)30(26,27)28-13-10-14(23)22-15(18-13)29-16(19-22)20-6-8-21(9-7-20)17(24)25/h2-5,10H,6-9H2,1H3,(H,24,25). The summed E-state index contributed by atoms with van der Waals surface area (Å²) >= 11 is 1.09. The summed E-state index contributed by atoms with van der Waals surface area (Å²) in [5.41, 5.74) is 0.314. The molecule has 158 valence electrons. The maximum absolute atomic E-state index is 12.5. The van der Waals surface area contributed by atoms with Gasteiger partial charge in [0.15, 0.2) is 0 Å². The lowest BCUT2D eigenvalue weighted by atomic mass is 10.2. The van der Waals surface area contributed by atoms with E-state index in [4.69, 9.17) is 9.29 Å². The fraction of sp³-hybridized carbons (Fsp3) is 0.294. The molecule has 1 aromatic carbocycles. The summed E-state index contributed by atoms with van der Waals surface area (Å²) in [7, 11) is -4.14. The Balaban J connectivity index is 1.59. The van der Waals surface area contributed by atoms with Gasteiger partial charge in [-0.15, -0.1) is 5.10 Å². The molecule has 0 unspecified atom stereocenters. The van der Waals surface area contributed by atoms with Crippen molar-refractivity contribution in [2.75, 3.05) is 31.1 Å². The second-order valence-electron chi connectivity index (χ2n) is 6.62. The average Bonchev–Trinajstić information content (AvgIpc) is 3.13. The van der Waals surface area contributed by atoms with Crippen molar-refractivity contribution in [3.63, 3.8) is 0 Å². The van der Waals surface area contributed by atoms with Gasteiger partial charge in [-0.05, 0) is 19.1 Å². The van der Waals surface area contributed by atoms with Crippen molar-refractivity contribution in [3.8, 4) is 5.88 Å². The van der Waals surface area contributed by atoms with Crippen molar-refractivity contribution in [3.05, 3.63) is 46.2 Å². The smallest absolute Gasteiger partial charge is 0.407 e. The Morgan fingerprint density at radius 1 is 1.17 bits per heavy atom. The number of benzene rings is 1. The van der Waals surface area contributed by atoms with Crippen LogP contribution in [-0.2, 0) is 10.1 Å². The minimum atomic E-state index is -4.14. The molecular formula is C17H17N5O6S2. The minimum absolute atomic E-state index is 0.0450. The molecule has 1 aliphatic heterocycles. The first-order valence-electron chi connectivity index (χ1n) is 8.88. The summed E-state index contributed by atoms with van der Waals surface area (Å²) in [6.45, 7) is 3.31. The van der Waals surface area contributed by atoms with Gasteiger partial charge in [0, 0.05) is 26.2 Å². The average molecular weight is 451 g/mol. The lowest BCUT2D eigenvalue weighted by molar-refractivity contribution is 0.142. The van der Waals surface area contributed by atoms with Crippen molar-refractivity contribution in [1.29, 1.82) is 0 Å². The molecule has 0 radical (unpaired) electrons. The van der Waals surface area contributed by atoms with Crippen LogP contribution >= 0.6 is 11.3 Å². The summed E-state index contributed by atoms with van der Waals surface area (Å²) in [6, 6.07) is 7.07. The molecular weight excluding hydrogens is 434 g/mol. The first-order chi connectivity index (χ1) is 14.2. The van der Waals surface area contributed by atoms with Crippen molar-refractivity contribution < 1.29 is 22.5 Å². The van der Waals surface area contributed by atoms with Gasteiger partial charge >= 0.3 is 16.2 Å². The van der Waals surface area contributed by atoms with Gasteiger partial charge in [0.1, 0.15) is 4.90 Å². The zero-order valence-electron chi connectivity index (χ0n) is 15.8. The molecule has 1 amide bonds. The topological polar surface area (TPSA) is 134 Å². The second-order valence-corrected chi connectivity index (χ2v) is 9.10. The molecule has 3 aromatic rings. The second kappa shape index (κ2) is 7.57. The molecule has 1 saturated heterocycles. The van der Waals surface area contributed by atoms with Gasteiger partial charge in [0.25, 0.3) is 5.56 Å². The predicted octanol–water partition coefficient (Wildman–Crippen LogP) is 1.03. The van der Waals surface area contributed by atoms with Crippen LogP contribution < -0.4 is 14.6 Å². The number of nitrogens with zero attached hydrogens (tertiary/aromatic N) is 5. The SMILES string of the molecule is Cc1ccc(S(=O)(=O)Oc2cc(=O)n3nc(N4CCN(C(=O)O)CC4)sc3n2)cc1. The number of piperazine rings is 1. The van der Waals surface area contributed by atoms with E-state index in [2.05, 4.69) is 10.1 Å². The minimum Gasteiger partial charge on any atom is -0.465 e. The largest absolute Gasteiger partial charge is 0.465 e. The molecule has 13 heteroatoms. The van der Waals surface area contributed by atoms with Gasteiger partial charge in [-0.3, -0.25) is 4.79 Å². The molecule has 1 aliphatic rings. The zero-order valence-corrected chi connectivity index (χ0v) is 17.4. The molecule has 11 nitrogen and oxygen atoms in total. The highest BCUT2D eigenvalue weighted by atomic mass is 32.2. The highest BCUT2D eigenvalue weighted by Gasteiger charge is 2.24. The third-order valence-corrected chi connectivity index (χ3v) is 6.75. The molecule has 0 spiro atoms. The molecule has 3 heterocycles. The molecule has 4 rings (SSSR count). The summed E-state index contributed by atoms with van der Waals surface area (Å²) in [5, 5.41) is 13.8. The van der Waals surface area contributed by atoms with E-state index >= 15 is 0 Å². The van der Waals surface area contributed by atoms with E-state index in [0.717, 1.165) is 27.5 Å². The highest BCUT2D eigenvalue weighted by molar-refractivity contribution is 7.87. The van der Waals surface area contributed by atoms with Crippen LogP contribution in [0.3, 0.4) is 0 Å². The van der Waals surface area contributed by atoms with Crippen molar-refractivity contribution in [2.24, 2.45) is 0 Å². The Labute approximate surface area is 174 Å². The summed E-state index contributed by atoms with van der Waals surface area (Å²) in [5.74, 6) is -0.341. The summed E-state index contributed by atoms with van der Waals surface area (Å²) in [4.78, 5) is 30.8. The zero-order chi connectivity index (χ0) is 21.5. The Morgan fingerprint density at radius 3 is 2.47 bits per heavy atom. The van der Waals surface area contributed by atoms with Crippen LogP contribution in [0.25, 0.3) is 4.96 Å². The fourth-order valence-electron chi connectivity index (χ4n) is 2.91. The van der Waals surface area contributed by atoms with Crippen LogP contribution in [0.2, 0.25) is 0 Å². The van der Waals surface area contributed by atoms with E-state index in [1.807, 2.05) is 11.8 Å². The van der Waals surface area contributed by atoms with Crippen LogP contribution in [0.1, 0.15) is 5.56 Å². The van der Waals surface area contributed by atoms with E-state index in [1.165, 1.54) is 17.0 Å². The fourth-order valence-corrected chi connectivity index (χ4v) is 4.73. The normalized spacial score (nSPS) is 14.8. The lowest BCUT2D eigenvalue weighted by Gasteiger charge is -2.32. The molecule has 0 aliphatic carbocycles. The van der Waals surface area contributed by atoms with Crippen LogP contribution in [-0.4, -0.2) is 65.3 Å². The van der Waals surface area contributed by atoms with Crippen molar-refractivity contribution in [2.45, 2.75) is 11.8 Å². The number of hydrogen-bond donors (Lipinski definition) is 1. The van der Waals surface area contributed by atoms with Crippen molar-refractivity contribution >= 4 is 37.6 Å². The molecule has 0 atom stereocenters. The van der Waals surface area contributed by atoms with Crippen molar-refractivity contribution in [1.82, 2.24) is 19.5 Å². The molecule has 30 heavy (non-hydrogen) atoms. The van der Waals surface area contributed by atoms with Gasteiger partial charge in [0.05, 0.1) is 6.07 Å². The number of aryl methyl sites for hydroxylation is 1. The third-order valence-electron chi connectivity index (χ3n) is 4.54. The Kier molecular flexibility index (Phi) is 5.07. The molecule has 1 N–H and O–H groups in total. The molecule has 1 fully saturated rings. The Bertz CT molecular complexity index is 1260. The lowest BCUT2D eigenvalue weighted by Crippen LogP contribution is -2.48. The Morgan fingerprint density at radius 2 is 1.83 bits per heavy atom. The number of amides is 1. The first-order valence-corrected chi connectivity index (χ1v) is 11.1. The van der Waals surface area contributed by atoms with Gasteiger partial charge < -0.3 is 19.1 Å². The molecule has 0 bridgehead atoms. The predicted molar refractivity (Wildman–Crippen MR) is 108 cm³/mol. The number of fused-ring (bicyclic) bond motifs is 1. The third kappa shape index (κ3) is 3.93. The van der Waals surface area contributed by atoms with E-state index in [1.54, 1.807) is 12.1 Å².